The molecule has 0 unspecified atom stereocenters. The Bertz CT molecular complexity index is 420. The zero-order valence-corrected chi connectivity index (χ0v) is 7.37. The molecule has 2 aromatic rings. The SMILES string of the molecule is CNCc1coc2cccc(O)c12. The summed E-state index contributed by atoms with van der Waals surface area (Å²) in [7, 11) is 1.86. The van der Waals surface area contributed by atoms with Gasteiger partial charge in [-0.2, -0.15) is 0 Å². The van der Waals surface area contributed by atoms with Gasteiger partial charge in [0.1, 0.15) is 11.3 Å². The molecule has 2 rings (SSSR count). The van der Waals surface area contributed by atoms with Gasteiger partial charge in [0.25, 0.3) is 0 Å². The Labute approximate surface area is 76.0 Å². The Morgan fingerprint density at radius 1 is 1.46 bits per heavy atom. The summed E-state index contributed by atoms with van der Waals surface area (Å²) in [4.78, 5) is 0. The summed E-state index contributed by atoms with van der Waals surface area (Å²) in [5.41, 5.74) is 1.71. The molecule has 0 aliphatic rings. The first-order valence-corrected chi connectivity index (χ1v) is 4.15. The van der Waals surface area contributed by atoms with Crippen molar-refractivity contribution in [3.05, 3.63) is 30.0 Å². The molecule has 68 valence electrons. The molecule has 0 aliphatic carbocycles. The Morgan fingerprint density at radius 3 is 3.08 bits per heavy atom. The third-order valence-corrected chi connectivity index (χ3v) is 2.02. The first-order chi connectivity index (χ1) is 6.33. The van der Waals surface area contributed by atoms with Crippen molar-refractivity contribution in [3.8, 4) is 5.75 Å². The molecule has 0 fully saturated rings. The number of hydrogen-bond donors (Lipinski definition) is 2. The minimum absolute atomic E-state index is 0.275. The predicted molar refractivity (Wildman–Crippen MR) is 50.6 cm³/mol. The largest absolute Gasteiger partial charge is 0.507 e. The van der Waals surface area contributed by atoms with E-state index in [2.05, 4.69) is 5.32 Å². The molecular formula is C10H11NO2. The molecule has 13 heavy (non-hydrogen) atoms. The zero-order chi connectivity index (χ0) is 9.26. The van der Waals surface area contributed by atoms with Gasteiger partial charge in [-0.25, -0.2) is 0 Å². The van der Waals surface area contributed by atoms with Crippen LogP contribution in [-0.2, 0) is 6.54 Å². The highest BCUT2D eigenvalue weighted by Gasteiger charge is 2.08. The number of rotatable bonds is 2. The van der Waals surface area contributed by atoms with Gasteiger partial charge in [-0.05, 0) is 19.2 Å². The van der Waals surface area contributed by atoms with Gasteiger partial charge in [-0.1, -0.05) is 6.07 Å². The van der Waals surface area contributed by atoms with Gasteiger partial charge >= 0.3 is 0 Å². The van der Waals surface area contributed by atoms with Crippen LogP contribution in [0.1, 0.15) is 5.56 Å². The highest BCUT2D eigenvalue weighted by molar-refractivity contribution is 5.87. The third-order valence-electron chi connectivity index (χ3n) is 2.02. The molecule has 3 nitrogen and oxygen atoms in total. The van der Waals surface area contributed by atoms with Gasteiger partial charge in [0.15, 0.2) is 0 Å². The number of fused-ring (bicyclic) bond motifs is 1. The normalized spacial score (nSPS) is 10.8. The first kappa shape index (κ1) is 8.13. The van der Waals surface area contributed by atoms with Crippen molar-refractivity contribution in [2.45, 2.75) is 6.54 Å². The second-order valence-electron chi connectivity index (χ2n) is 2.94. The van der Waals surface area contributed by atoms with Crippen LogP contribution in [0.2, 0.25) is 0 Å². The van der Waals surface area contributed by atoms with E-state index in [-0.39, 0.29) is 5.75 Å². The maximum Gasteiger partial charge on any atom is 0.137 e. The summed E-state index contributed by atoms with van der Waals surface area (Å²) in [6.07, 6.45) is 1.67. The van der Waals surface area contributed by atoms with Crippen LogP contribution < -0.4 is 5.32 Å². The van der Waals surface area contributed by atoms with Crippen LogP contribution in [0.15, 0.2) is 28.9 Å². The summed E-state index contributed by atoms with van der Waals surface area (Å²) >= 11 is 0. The van der Waals surface area contributed by atoms with E-state index < -0.39 is 0 Å². The van der Waals surface area contributed by atoms with Crippen molar-refractivity contribution in [3.63, 3.8) is 0 Å². The molecule has 1 aromatic heterocycles. The number of benzene rings is 1. The number of aromatic hydroxyl groups is 1. The Balaban J connectivity index is 2.64. The zero-order valence-electron chi connectivity index (χ0n) is 7.37. The lowest BCUT2D eigenvalue weighted by molar-refractivity contribution is 0.481. The number of phenols is 1. The average Bonchev–Trinajstić information content (AvgIpc) is 2.51. The highest BCUT2D eigenvalue weighted by atomic mass is 16.3. The molecule has 0 spiro atoms. The maximum absolute atomic E-state index is 9.58. The molecule has 2 N–H and O–H groups in total. The van der Waals surface area contributed by atoms with Crippen LogP contribution in [0, 0.1) is 0 Å². The van der Waals surface area contributed by atoms with Crippen LogP contribution in [0.25, 0.3) is 11.0 Å². The standard InChI is InChI=1S/C10H11NO2/c1-11-5-7-6-13-9-4-2-3-8(12)10(7)9/h2-4,6,11-12H,5H2,1H3. The van der Waals surface area contributed by atoms with Crippen LogP contribution in [0.4, 0.5) is 0 Å². The first-order valence-electron chi connectivity index (χ1n) is 4.15. The van der Waals surface area contributed by atoms with Gasteiger partial charge in [-0.3, -0.25) is 0 Å². The number of hydrogen-bond acceptors (Lipinski definition) is 3. The van der Waals surface area contributed by atoms with Crippen molar-refractivity contribution < 1.29 is 9.52 Å². The average molecular weight is 177 g/mol. The van der Waals surface area contributed by atoms with Crippen LogP contribution >= 0.6 is 0 Å². The lowest BCUT2D eigenvalue weighted by Crippen LogP contribution is -2.03. The molecule has 0 saturated heterocycles. The van der Waals surface area contributed by atoms with E-state index in [1.54, 1.807) is 18.4 Å². The fourth-order valence-corrected chi connectivity index (χ4v) is 1.45. The lowest BCUT2D eigenvalue weighted by Gasteiger charge is -1.97. The summed E-state index contributed by atoms with van der Waals surface area (Å²) in [6, 6.07) is 5.27. The Morgan fingerprint density at radius 2 is 2.31 bits per heavy atom. The molecule has 0 saturated carbocycles. The number of furan rings is 1. The van der Waals surface area contributed by atoms with Gasteiger partial charge < -0.3 is 14.8 Å². The van der Waals surface area contributed by atoms with E-state index in [0.29, 0.717) is 6.54 Å². The van der Waals surface area contributed by atoms with Gasteiger partial charge in [0.05, 0.1) is 11.6 Å². The molecule has 0 radical (unpaired) electrons. The summed E-state index contributed by atoms with van der Waals surface area (Å²) < 4.78 is 5.28. The summed E-state index contributed by atoms with van der Waals surface area (Å²) in [5, 5.41) is 13.4. The second-order valence-corrected chi connectivity index (χ2v) is 2.94. The number of phenolic OH excluding ortho intramolecular Hbond substituents is 1. The lowest BCUT2D eigenvalue weighted by atomic mass is 10.1. The van der Waals surface area contributed by atoms with E-state index in [9.17, 15) is 5.11 Å². The van der Waals surface area contributed by atoms with Crippen molar-refractivity contribution in [1.29, 1.82) is 0 Å². The van der Waals surface area contributed by atoms with Crippen LogP contribution in [0.5, 0.6) is 5.75 Å². The number of nitrogens with one attached hydrogen (secondary N) is 1. The smallest absolute Gasteiger partial charge is 0.137 e. The Hall–Kier alpha value is -1.48. The van der Waals surface area contributed by atoms with Crippen LogP contribution in [0.3, 0.4) is 0 Å². The van der Waals surface area contributed by atoms with Gasteiger partial charge in [-0.15, -0.1) is 0 Å². The minimum atomic E-state index is 0.275. The second kappa shape index (κ2) is 3.11. The molecule has 1 heterocycles. The highest BCUT2D eigenvalue weighted by Crippen LogP contribution is 2.29. The third kappa shape index (κ3) is 1.27. The van der Waals surface area contributed by atoms with Gasteiger partial charge in [0.2, 0.25) is 0 Å². The van der Waals surface area contributed by atoms with E-state index in [1.807, 2.05) is 13.1 Å². The van der Waals surface area contributed by atoms with E-state index in [0.717, 1.165) is 16.5 Å². The van der Waals surface area contributed by atoms with E-state index >= 15 is 0 Å². The summed E-state index contributed by atoms with van der Waals surface area (Å²) in [6.45, 7) is 0.699. The van der Waals surface area contributed by atoms with Crippen molar-refractivity contribution in [2.75, 3.05) is 7.05 Å². The van der Waals surface area contributed by atoms with Crippen molar-refractivity contribution in [1.82, 2.24) is 5.32 Å². The molecule has 3 heteroatoms. The predicted octanol–water partition coefficient (Wildman–Crippen LogP) is 1.86. The van der Waals surface area contributed by atoms with Crippen molar-refractivity contribution >= 4 is 11.0 Å². The van der Waals surface area contributed by atoms with E-state index in [4.69, 9.17) is 4.42 Å². The van der Waals surface area contributed by atoms with Crippen molar-refractivity contribution in [2.24, 2.45) is 0 Å². The fourth-order valence-electron chi connectivity index (χ4n) is 1.45. The topological polar surface area (TPSA) is 45.4 Å². The molecule has 0 atom stereocenters. The maximum atomic E-state index is 9.58. The fraction of sp³-hybridized carbons (Fsp3) is 0.200. The molecule has 0 amide bonds. The monoisotopic (exact) mass is 177 g/mol. The Kier molecular flexibility index (Phi) is 1.94. The quantitative estimate of drug-likeness (QED) is 0.735. The molecule has 1 aromatic carbocycles. The van der Waals surface area contributed by atoms with Crippen LogP contribution in [-0.4, -0.2) is 12.2 Å². The minimum Gasteiger partial charge on any atom is -0.507 e. The molecule has 0 aliphatic heterocycles. The van der Waals surface area contributed by atoms with E-state index in [1.165, 1.54) is 0 Å². The van der Waals surface area contributed by atoms with Gasteiger partial charge in [0, 0.05) is 12.1 Å². The summed E-state index contributed by atoms with van der Waals surface area (Å²) in [5.74, 6) is 0.275. The molecular weight excluding hydrogens is 166 g/mol. The molecule has 0 bridgehead atoms.